The molecule has 4 heteroatoms. The van der Waals surface area contributed by atoms with Crippen molar-refractivity contribution in [1.29, 1.82) is 0 Å². The first-order valence-corrected chi connectivity index (χ1v) is 6.87. The highest BCUT2D eigenvalue weighted by Gasteiger charge is 2.16. The third-order valence-corrected chi connectivity index (χ3v) is 4.58. The summed E-state index contributed by atoms with van der Waals surface area (Å²) in [7, 11) is 0. The molecule has 0 spiro atoms. The van der Waals surface area contributed by atoms with E-state index in [4.69, 9.17) is 16.7 Å². The largest absolute Gasteiger partial charge is 0.477 e. The zero-order valence-corrected chi connectivity index (χ0v) is 11.3. The summed E-state index contributed by atoms with van der Waals surface area (Å²) < 4.78 is 0.892. The number of rotatable bonds is 2. The first-order valence-electron chi connectivity index (χ1n) is 5.67. The molecule has 1 heterocycles. The fraction of sp³-hybridized carbons (Fsp3) is 0. The summed E-state index contributed by atoms with van der Waals surface area (Å²) in [5.74, 6) is -0.979. The van der Waals surface area contributed by atoms with Gasteiger partial charge < -0.3 is 5.11 Å². The number of carboxylic acids is 1. The number of thiophene rings is 1. The summed E-state index contributed by atoms with van der Waals surface area (Å²) in [6, 6.07) is 15.8. The summed E-state index contributed by atoms with van der Waals surface area (Å²) in [5.41, 5.74) is 2.16. The molecule has 1 N–H and O–H groups in total. The lowest BCUT2D eigenvalue weighted by molar-refractivity contribution is 0.0702. The van der Waals surface area contributed by atoms with Crippen LogP contribution in [0.1, 0.15) is 9.67 Å². The van der Waals surface area contributed by atoms with Gasteiger partial charge in [0.05, 0.1) is 5.02 Å². The summed E-state index contributed by atoms with van der Waals surface area (Å²) in [6.45, 7) is 0. The van der Waals surface area contributed by atoms with Crippen LogP contribution < -0.4 is 0 Å². The van der Waals surface area contributed by atoms with Crippen LogP contribution in [-0.4, -0.2) is 11.1 Å². The fourth-order valence-corrected chi connectivity index (χ4v) is 3.40. The molecule has 0 radical (unpaired) electrons. The van der Waals surface area contributed by atoms with E-state index in [-0.39, 0.29) is 4.88 Å². The maximum atomic E-state index is 11.1. The third-order valence-electron chi connectivity index (χ3n) is 2.93. The van der Waals surface area contributed by atoms with Crippen LogP contribution in [0.4, 0.5) is 0 Å². The molecular weight excluding hydrogens is 280 g/mol. The highest BCUT2D eigenvalue weighted by molar-refractivity contribution is 7.21. The standard InChI is InChI=1S/C15H9ClO2S/c16-13-11-7-6-10(9-4-2-1-3-5-9)8-12(11)19-14(13)15(17)18/h1-8H,(H,17,18). The van der Waals surface area contributed by atoms with Crippen molar-refractivity contribution >= 4 is 39.0 Å². The molecule has 0 bridgehead atoms. The molecular formula is C15H9ClO2S. The van der Waals surface area contributed by atoms with Gasteiger partial charge >= 0.3 is 5.97 Å². The van der Waals surface area contributed by atoms with Gasteiger partial charge in [0.1, 0.15) is 4.88 Å². The van der Waals surface area contributed by atoms with Gasteiger partial charge in [-0.2, -0.15) is 0 Å². The van der Waals surface area contributed by atoms with Gasteiger partial charge in [-0.1, -0.05) is 54.1 Å². The van der Waals surface area contributed by atoms with E-state index in [2.05, 4.69) is 0 Å². The molecule has 3 aromatic rings. The number of halogens is 1. The fourth-order valence-electron chi connectivity index (χ4n) is 2.01. The second-order valence-corrected chi connectivity index (χ2v) is 5.56. The molecule has 0 amide bonds. The van der Waals surface area contributed by atoms with Crippen molar-refractivity contribution in [3.05, 3.63) is 58.4 Å². The molecule has 0 aliphatic carbocycles. The van der Waals surface area contributed by atoms with Gasteiger partial charge in [-0.15, -0.1) is 11.3 Å². The predicted octanol–water partition coefficient (Wildman–Crippen LogP) is 4.92. The van der Waals surface area contributed by atoms with Crippen molar-refractivity contribution < 1.29 is 9.90 Å². The third kappa shape index (κ3) is 2.11. The van der Waals surface area contributed by atoms with Crippen LogP contribution in [0.3, 0.4) is 0 Å². The molecule has 3 rings (SSSR count). The molecule has 0 aliphatic heterocycles. The number of carboxylic acid groups (broad SMARTS) is 1. The van der Waals surface area contributed by atoms with Gasteiger partial charge in [-0.25, -0.2) is 4.79 Å². The summed E-state index contributed by atoms with van der Waals surface area (Å²) >= 11 is 7.29. The SMILES string of the molecule is O=C(O)c1sc2cc(-c3ccccc3)ccc2c1Cl. The molecule has 0 saturated heterocycles. The molecule has 0 saturated carbocycles. The first-order chi connectivity index (χ1) is 9.16. The molecule has 0 unspecified atom stereocenters. The van der Waals surface area contributed by atoms with E-state index in [0.717, 1.165) is 21.2 Å². The van der Waals surface area contributed by atoms with Crippen molar-refractivity contribution in [2.45, 2.75) is 0 Å². The molecule has 0 aliphatic rings. The Labute approximate surface area is 118 Å². The zero-order chi connectivity index (χ0) is 13.4. The van der Waals surface area contributed by atoms with Crippen LogP contribution in [0.2, 0.25) is 5.02 Å². The van der Waals surface area contributed by atoms with Gasteiger partial charge in [-0.05, 0) is 17.2 Å². The topological polar surface area (TPSA) is 37.3 Å². The van der Waals surface area contributed by atoms with Gasteiger partial charge in [0, 0.05) is 10.1 Å². The normalized spacial score (nSPS) is 10.8. The number of aromatic carboxylic acids is 1. The van der Waals surface area contributed by atoms with Crippen LogP contribution in [0.25, 0.3) is 21.2 Å². The highest BCUT2D eigenvalue weighted by Crippen LogP contribution is 2.37. The van der Waals surface area contributed by atoms with Crippen molar-refractivity contribution in [3.63, 3.8) is 0 Å². The van der Waals surface area contributed by atoms with E-state index in [1.54, 1.807) is 0 Å². The number of hydrogen-bond acceptors (Lipinski definition) is 2. The lowest BCUT2D eigenvalue weighted by Crippen LogP contribution is -1.91. The van der Waals surface area contributed by atoms with Crippen LogP contribution in [0.5, 0.6) is 0 Å². The smallest absolute Gasteiger partial charge is 0.347 e. The van der Waals surface area contributed by atoms with E-state index in [1.165, 1.54) is 11.3 Å². The van der Waals surface area contributed by atoms with Crippen LogP contribution in [0.15, 0.2) is 48.5 Å². The lowest BCUT2D eigenvalue weighted by Gasteiger charge is -2.01. The van der Waals surface area contributed by atoms with E-state index in [0.29, 0.717) is 5.02 Å². The number of benzene rings is 2. The Balaban J connectivity index is 2.19. The molecule has 2 aromatic carbocycles. The molecule has 94 valence electrons. The quantitative estimate of drug-likeness (QED) is 0.727. The Bertz CT molecular complexity index is 762. The second-order valence-electron chi connectivity index (χ2n) is 4.13. The van der Waals surface area contributed by atoms with Gasteiger partial charge in [0.2, 0.25) is 0 Å². The Morgan fingerprint density at radius 1 is 1.05 bits per heavy atom. The zero-order valence-electron chi connectivity index (χ0n) is 9.76. The summed E-state index contributed by atoms with van der Waals surface area (Å²) in [4.78, 5) is 11.3. The minimum atomic E-state index is -0.979. The summed E-state index contributed by atoms with van der Waals surface area (Å²) in [6.07, 6.45) is 0. The van der Waals surface area contributed by atoms with E-state index >= 15 is 0 Å². The molecule has 19 heavy (non-hydrogen) atoms. The maximum Gasteiger partial charge on any atom is 0.347 e. The van der Waals surface area contributed by atoms with Gasteiger partial charge in [0.25, 0.3) is 0 Å². The average molecular weight is 289 g/mol. The Morgan fingerprint density at radius 2 is 1.79 bits per heavy atom. The van der Waals surface area contributed by atoms with E-state index in [9.17, 15) is 4.79 Å². The Morgan fingerprint density at radius 3 is 2.47 bits per heavy atom. The van der Waals surface area contributed by atoms with Crippen LogP contribution >= 0.6 is 22.9 Å². The van der Waals surface area contributed by atoms with E-state index < -0.39 is 5.97 Å². The molecule has 2 nitrogen and oxygen atoms in total. The van der Waals surface area contributed by atoms with Crippen LogP contribution in [0, 0.1) is 0 Å². The van der Waals surface area contributed by atoms with Crippen molar-refractivity contribution in [2.75, 3.05) is 0 Å². The predicted molar refractivity (Wildman–Crippen MR) is 79.2 cm³/mol. The summed E-state index contributed by atoms with van der Waals surface area (Å²) in [5, 5.41) is 10.2. The van der Waals surface area contributed by atoms with E-state index in [1.807, 2.05) is 48.5 Å². The Hall–Kier alpha value is -1.84. The van der Waals surface area contributed by atoms with Gasteiger partial charge in [0.15, 0.2) is 0 Å². The van der Waals surface area contributed by atoms with Crippen molar-refractivity contribution in [3.8, 4) is 11.1 Å². The van der Waals surface area contributed by atoms with Crippen LogP contribution in [-0.2, 0) is 0 Å². The minimum absolute atomic E-state index is 0.196. The number of carbonyl (C=O) groups is 1. The average Bonchev–Trinajstić information content (AvgIpc) is 2.77. The van der Waals surface area contributed by atoms with Gasteiger partial charge in [-0.3, -0.25) is 0 Å². The minimum Gasteiger partial charge on any atom is -0.477 e. The van der Waals surface area contributed by atoms with Crippen molar-refractivity contribution in [1.82, 2.24) is 0 Å². The highest BCUT2D eigenvalue weighted by atomic mass is 35.5. The molecule has 0 fully saturated rings. The molecule has 0 atom stereocenters. The number of hydrogen-bond donors (Lipinski definition) is 1. The maximum absolute atomic E-state index is 11.1. The lowest BCUT2D eigenvalue weighted by atomic mass is 10.1. The van der Waals surface area contributed by atoms with Crippen molar-refractivity contribution in [2.24, 2.45) is 0 Å². The second kappa shape index (κ2) is 4.68. The Kier molecular flexibility index (Phi) is 3.01. The monoisotopic (exact) mass is 288 g/mol. The first kappa shape index (κ1) is 12.2. The number of fused-ring (bicyclic) bond motifs is 1. The molecule has 1 aromatic heterocycles.